The maximum absolute atomic E-state index is 11.6. The second-order valence-electron chi connectivity index (χ2n) is 5.05. The molecule has 9 heteroatoms. The Labute approximate surface area is 134 Å². The van der Waals surface area contributed by atoms with Crippen LogP contribution in [0.2, 0.25) is 0 Å². The van der Waals surface area contributed by atoms with E-state index in [4.69, 9.17) is 4.55 Å². The highest BCUT2D eigenvalue weighted by molar-refractivity contribution is 7.86. The van der Waals surface area contributed by atoms with Crippen LogP contribution in [-0.2, 0) is 31.1 Å². The zero-order valence-corrected chi connectivity index (χ0v) is 13.9. The largest absolute Gasteiger partial charge is 0.397 e. The molecule has 0 heterocycles. The molecule has 0 aromatic heterocycles. The number of aryl methyl sites for hydroxylation is 2. The van der Waals surface area contributed by atoms with Gasteiger partial charge in [0.2, 0.25) is 0 Å². The third-order valence-corrected chi connectivity index (χ3v) is 4.90. The number of hydrogen-bond donors (Lipinski definition) is 2. The lowest BCUT2D eigenvalue weighted by Gasteiger charge is -2.11. The number of benzene rings is 2. The van der Waals surface area contributed by atoms with Crippen LogP contribution in [0.1, 0.15) is 17.5 Å². The smallest absolute Gasteiger partial charge is 0.282 e. The van der Waals surface area contributed by atoms with E-state index < -0.39 is 20.5 Å². The molecule has 0 spiro atoms. The van der Waals surface area contributed by atoms with Gasteiger partial charge in [-0.25, -0.2) is 4.18 Å². The van der Waals surface area contributed by atoms with E-state index in [2.05, 4.69) is 4.18 Å². The highest BCUT2D eigenvalue weighted by Gasteiger charge is 2.18. The molecule has 7 nitrogen and oxygen atoms in total. The van der Waals surface area contributed by atoms with Gasteiger partial charge in [-0.3, -0.25) is 9.11 Å². The fourth-order valence-electron chi connectivity index (χ4n) is 2.49. The Kier molecular flexibility index (Phi) is 5.07. The Balaban J connectivity index is 2.36. The third kappa shape index (κ3) is 4.49. The summed E-state index contributed by atoms with van der Waals surface area (Å²) in [6.07, 6.45) is 0.731. The Morgan fingerprint density at radius 1 is 1.00 bits per heavy atom. The van der Waals surface area contributed by atoms with E-state index in [0.717, 1.165) is 5.56 Å². The van der Waals surface area contributed by atoms with Crippen LogP contribution in [0.4, 0.5) is 0 Å². The Bertz CT molecular complexity index is 931. The molecule has 0 radical (unpaired) electrons. The zero-order valence-electron chi connectivity index (χ0n) is 12.3. The van der Waals surface area contributed by atoms with Gasteiger partial charge in [0.15, 0.2) is 0 Å². The molecule has 0 aliphatic carbocycles. The van der Waals surface area contributed by atoms with E-state index in [0.29, 0.717) is 29.2 Å². The lowest BCUT2D eigenvalue weighted by Crippen LogP contribution is -2.06. The minimum absolute atomic E-state index is 0.133. The lowest BCUT2D eigenvalue weighted by atomic mass is 9.99. The molecule has 0 saturated carbocycles. The molecule has 0 unspecified atom stereocenters. The van der Waals surface area contributed by atoms with E-state index in [1.165, 1.54) is 0 Å². The summed E-state index contributed by atoms with van der Waals surface area (Å²) >= 11 is 0. The lowest BCUT2D eigenvalue weighted by molar-refractivity contribution is 0.265. The van der Waals surface area contributed by atoms with E-state index in [1.807, 2.05) is 0 Å². The van der Waals surface area contributed by atoms with E-state index in [1.54, 1.807) is 37.3 Å². The van der Waals surface area contributed by atoms with Gasteiger partial charge in [-0.15, -0.1) is 0 Å². The summed E-state index contributed by atoms with van der Waals surface area (Å²) in [5.74, 6) is 0. The molecule has 2 aromatic carbocycles. The fourth-order valence-corrected chi connectivity index (χ4v) is 3.75. The van der Waals surface area contributed by atoms with Gasteiger partial charge >= 0.3 is 10.4 Å². The predicted molar refractivity (Wildman–Crippen MR) is 84.3 cm³/mol. The van der Waals surface area contributed by atoms with Crippen molar-refractivity contribution in [2.24, 2.45) is 0 Å². The summed E-state index contributed by atoms with van der Waals surface area (Å²) in [6.45, 7) is 1.40. The van der Waals surface area contributed by atoms with Crippen molar-refractivity contribution >= 4 is 31.3 Å². The molecule has 2 N–H and O–H groups in total. The van der Waals surface area contributed by atoms with Gasteiger partial charge in [0.25, 0.3) is 10.1 Å². The van der Waals surface area contributed by atoms with Crippen molar-refractivity contribution in [2.75, 3.05) is 6.61 Å². The predicted octanol–water partition coefficient (Wildman–Crippen LogP) is 2.15. The van der Waals surface area contributed by atoms with Crippen molar-refractivity contribution in [3.05, 3.63) is 41.5 Å². The quantitative estimate of drug-likeness (QED) is 0.598. The first-order valence-corrected chi connectivity index (χ1v) is 9.50. The molecular weight excluding hydrogens is 344 g/mol. The highest BCUT2D eigenvalue weighted by Crippen LogP contribution is 2.29. The maximum atomic E-state index is 11.6. The van der Waals surface area contributed by atoms with E-state index >= 15 is 0 Å². The standard InChI is InChI=1S/C14H16O7S2/c1-10-7-8-12-11(5-3-9-21-23(18,19)20)4-2-6-13(12)14(10)22(15,16)17/h2,4,6-8H,3,5,9H2,1H3,(H,15,16,17)(H,18,19,20). The summed E-state index contributed by atoms with van der Waals surface area (Å²) in [5.41, 5.74) is 1.22. The average Bonchev–Trinajstić information content (AvgIpc) is 2.40. The van der Waals surface area contributed by atoms with Crippen molar-refractivity contribution in [1.82, 2.24) is 0 Å². The molecule has 126 valence electrons. The number of hydrogen-bond acceptors (Lipinski definition) is 5. The third-order valence-electron chi connectivity index (χ3n) is 3.38. The SMILES string of the molecule is Cc1ccc2c(CCCOS(=O)(=O)O)cccc2c1S(=O)(=O)O. The molecule has 0 aliphatic heterocycles. The maximum Gasteiger partial charge on any atom is 0.397 e. The first-order chi connectivity index (χ1) is 10.6. The molecule has 0 saturated heterocycles. The van der Waals surface area contributed by atoms with Crippen LogP contribution in [0.15, 0.2) is 35.2 Å². The molecule has 0 bridgehead atoms. The summed E-state index contributed by atoms with van der Waals surface area (Å²) < 4.78 is 66.3. The van der Waals surface area contributed by atoms with Crippen LogP contribution in [-0.4, -0.2) is 32.5 Å². The van der Waals surface area contributed by atoms with Crippen LogP contribution in [0, 0.1) is 6.92 Å². The summed E-state index contributed by atoms with van der Waals surface area (Å²) in [6, 6.07) is 8.39. The molecule has 2 rings (SSSR count). The molecule has 0 aliphatic rings. The molecule has 0 fully saturated rings. The summed E-state index contributed by atoms with van der Waals surface area (Å²) in [7, 11) is -8.82. The Hall–Kier alpha value is -1.52. The van der Waals surface area contributed by atoms with Crippen molar-refractivity contribution in [3.63, 3.8) is 0 Å². The number of fused-ring (bicyclic) bond motifs is 1. The van der Waals surface area contributed by atoms with Gasteiger partial charge in [0.1, 0.15) is 4.90 Å². The van der Waals surface area contributed by atoms with Gasteiger partial charge in [-0.2, -0.15) is 16.8 Å². The first kappa shape index (κ1) is 17.8. The zero-order chi connectivity index (χ0) is 17.3. The molecular formula is C14H16O7S2. The normalized spacial score (nSPS) is 12.7. The topological polar surface area (TPSA) is 118 Å². The van der Waals surface area contributed by atoms with Gasteiger partial charge < -0.3 is 0 Å². The summed E-state index contributed by atoms with van der Waals surface area (Å²) in [5, 5.41) is 1.05. The second-order valence-corrected chi connectivity index (χ2v) is 7.50. The Morgan fingerprint density at radius 3 is 2.30 bits per heavy atom. The van der Waals surface area contributed by atoms with Crippen molar-refractivity contribution < 1.29 is 30.1 Å². The Morgan fingerprint density at radius 2 is 1.70 bits per heavy atom. The van der Waals surface area contributed by atoms with Crippen molar-refractivity contribution in [3.8, 4) is 0 Å². The van der Waals surface area contributed by atoms with Crippen LogP contribution in [0.5, 0.6) is 0 Å². The number of rotatable bonds is 6. The molecule has 0 amide bonds. The minimum Gasteiger partial charge on any atom is -0.282 e. The van der Waals surface area contributed by atoms with Gasteiger partial charge in [0, 0.05) is 5.39 Å². The van der Waals surface area contributed by atoms with E-state index in [9.17, 15) is 21.4 Å². The van der Waals surface area contributed by atoms with Crippen LogP contribution in [0.25, 0.3) is 10.8 Å². The average molecular weight is 360 g/mol. The monoisotopic (exact) mass is 360 g/mol. The molecule has 23 heavy (non-hydrogen) atoms. The van der Waals surface area contributed by atoms with Crippen molar-refractivity contribution in [1.29, 1.82) is 0 Å². The van der Waals surface area contributed by atoms with Crippen LogP contribution >= 0.6 is 0 Å². The molecule has 0 atom stereocenters. The van der Waals surface area contributed by atoms with Crippen molar-refractivity contribution in [2.45, 2.75) is 24.7 Å². The van der Waals surface area contributed by atoms with Gasteiger partial charge in [-0.1, -0.05) is 30.3 Å². The van der Waals surface area contributed by atoms with Gasteiger partial charge in [-0.05, 0) is 36.3 Å². The van der Waals surface area contributed by atoms with Crippen LogP contribution < -0.4 is 0 Å². The second kappa shape index (κ2) is 6.54. The van der Waals surface area contributed by atoms with E-state index in [-0.39, 0.29) is 11.5 Å². The minimum atomic E-state index is -4.47. The summed E-state index contributed by atoms with van der Waals surface area (Å²) in [4.78, 5) is -0.133. The van der Waals surface area contributed by atoms with Crippen LogP contribution in [0.3, 0.4) is 0 Å². The molecule has 2 aromatic rings. The van der Waals surface area contributed by atoms with Gasteiger partial charge in [0.05, 0.1) is 6.61 Å². The fraction of sp³-hybridized carbons (Fsp3) is 0.286. The highest BCUT2D eigenvalue weighted by atomic mass is 32.3. The first-order valence-electron chi connectivity index (χ1n) is 6.70.